The van der Waals surface area contributed by atoms with E-state index in [0.717, 1.165) is 5.01 Å². The van der Waals surface area contributed by atoms with Gasteiger partial charge in [-0.15, -0.1) is 11.3 Å². The topological polar surface area (TPSA) is 50.7 Å². The summed E-state index contributed by atoms with van der Waals surface area (Å²) in [7, 11) is 0. The predicted molar refractivity (Wildman–Crippen MR) is 65.8 cm³/mol. The molecule has 0 atom stereocenters. The second kappa shape index (κ2) is 4.35. The maximum Gasteiger partial charge on any atom is 0.149 e. The van der Waals surface area contributed by atoms with E-state index in [2.05, 4.69) is 20.3 Å². The summed E-state index contributed by atoms with van der Waals surface area (Å²) in [5.74, 6) is 0.646. The van der Waals surface area contributed by atoms with Crippen LogP contribution < -0.4 is 5.32 Å². The molecule has 2 rings (SSSR count). The molecule has 0 saturated carbocycles. The van der Waals surface area contributed by atoms with Crippen molar-refractivity contribution in [2.45, 2.75) is 19.4 Å². The Hall–Kier alpha value is -1.20. The summed E-state index contributed by atoms with van der Waals surface area (Å²) in [6.45, 7) is 4.07. The van der Waals surface area contributed by atoms with E-state index in [-0.39, 0.29) is 5.54 Å². The summed E-state index contributed by atoms with van der Waals surface area (Å²) in [4.78, 5) is 12.4. The maximum absolute atomic E-state index is 5.77. The highest BCUT2D eigenvalue weighted by molar-refractivity contribution is 7.09. The smallest absolute Gasteiger partial charge is 0.149 e. The van der Waals surface area contributed by atoms with Gasteiger partial charge in [-0.25, -0.2) is 9.97 Å². The monoisotopic (exact) mass is 254 g/mol. The minimum absolute atomic E-state index is 0.284. The van der Waals surface area contributed by atoms with E-state index in [1.807, 2.05) is 19.2 Å². The molecule has 0 saturated heterocycles. The molecule has 0 unspecified atom stereocenters. The van der Waals surface area contributed by atoms with Crippen LogP contribution in [-0.2, 0) is 5.54 Å². The normalized spacial score (nSPS) is 11.4. The van der Waals surface area contributed by atoms with Gasteiger partial charge < -0.3 is 5.32 Å². The van der Waals surface area contributed by atoms with Crippen LogP contribution >= 0.6 is 22.9 Å². The molecule has 0 aromatic carbocycles. The number of anilines is 1. The van der Waals surface area contributed by atoms with Crippen molar-refractivity contribution in [1.82, 2.24) is 15.0 Å². The third kappa shape index (κ3) is 2.48. The van der Waals surface area contributed by atoms with Crippen molar-refractivity contribution in [1.29, 1.82) is 0 Å². The average Bonchev–Trinajstić information content (AvgIpc) is 2.69. The molecule has 0 amide bonds. The SMILES string of the molecule is CC(C)(Nc1cncc(Cl)n1)c1nccs1. The van der Waals surface area contributed by atoms with Crippen molar-refractivity contribution in [3.8, 4) is 0 Å². The lowest BCUT2D eigenvalue weighted by Gasteiger charge is -2.24. The molecule has 6 heteroatoms. The molecule has 0 aliphatic heterocycles. The fourth-order valence-electron chi connectivity index (χ4n) is 1.31. The third-order valence-corrected chi connectivity index (χ3v) is 3.29. The van der Waals surface area contributed by atoms with Gasteiger partial charge in [-0.1, -0.05) is 11.6 Å². The molecule has 0 spiro atoms. The Labute approximate surface area is 103 Å². The Bertz CT molecular complexity index is 469. The van der Waals surface area contributed by atoms with Crippen LogP contribution in [0.4, 0.5) is 5.82 Å². The van der Waals surface area contributed by atoms with E-state index in [9.17, 15) is 0 Å². The van der Waals surface area contributed by atoms with E-state index in [1.165, 1.54) is 6.20 Å². The van der Waals surface area contributed by atoms with Gasteiger partial charge in [0.15, 0.2) is 0 Å². The first-order valence-electron chi connectivity index (χ1n) is 4.73. The quantitative estimate of drug-likeness (QED) is 0.915. The molecule has 0 radical (unpaired) electrons. The number of aromatic nitrogens is 3. The number of halogens is 1. The standard InChI is InChI=1S/C10H11ClN4S/c1-10(2,9-13-3-4-16-9)15-8-6-12-5-7(11)14-8/h3-6H,1-2H3,(H,14,15). The number of nitrogens with one attached hydrogen (secondary N) is 1. The molecule has 1 N–H and O–H groups in total. The molecule has 2 heterocycles. The van der Waals surface area contributed by atoms with Crippen LogP contribution in [0, 0.1) is 0 Å². The predicted octanol–water partition coefficient (Wildman–Crippen LogP) is 2.93. The van der Waals surface area contributed by atoms with Crippen molar-refractivity contribution in [2.24, 2.45) is 0 Å². The Morgan fingerprint density at radius 3 is 2.81 bits per heavy atom. The highest BCUT2D eigenvalue weighted by Crippen LogP contribution is 2.26. The van der Waals surface area contributed by atoms with Crippen molar-refractivity contribution in [2.75, 3.05) is 5.32 Å². The largest absolute Gasteiger partial charge is 0.357 e. The van der Waals surface area contributed by atoms with Gasteiger partial charge in [-0.05, 0) is 13.8 Å². The number of hydrogen-bond acceptors (Lipinski definition) is 5. The maximum atomic E-state index is 5.77. The minimum atomic E-state index is -0.284. The van der Waals surface area contributed by atoms with Gasteiger partial charge in [0.2, 0.25) is 0 Å². The highest BCUT2D eigenvalue weighted by Gasteiger charge is 2.23. The first kappa shape index (κ1) is 11.3. The van der Waals surface area contributed by atoms with E-state index in [0.29, 0.717) is 11.0 Å². The molecule has 84 valence electrons. The second-order valence-electron chi connectivity index (χ2n) is 3.81. The zero-order chi connectivity index (χ0) is 11.6. The van der Waals surface area contributed by atoms with Gasteiger partial charge in [0, 0.05) is 11.6 Å². The highest BCUT2D eigenvalue weighted by atomic mass is 35.5. The third-order valence-electron chi connectivity index (χ3n) is 2.01. The van der Waals surface area contributed by atoms with Gasteiger partial charge in [0.05, 0.1) is 17.9 Å². The number of rotatable bonds is 3. The number of hydrogen-bond donors (Lipinski definition) is 1. The van der Waals surface area contributed by atoms with Crippen LogP contribution in [0.1, 0.15) is 18.9 Å². The summed E-state index contributed by atoms with van der Waals surface area (Å²) in [6.07, 6.45) is 4.93. The Morgan fingerprint density at radius 1 is 1.38 bits per heavy atom. The van der Waals surface area contributed by atoms with Crippen molar-refractivity contribution in [3.63, 3.8) is 0 Å². The van der Waals surface area contributed by atoms with E-state index < -0.39 is 0 Å². The molecule has 0 bridgehead atoms. The minimum Gasteiger partial charge on any atom is -0.357 e. The molecule has 0 fully saturated rings. The van der Waals surface area contributed by atoms with Gasteiger partial charge >= 0.3 is 0 Å². The van der Waals surface area contributed by atoms with Gasteiger partial charge in [-0.2, -0.15) is 0 Å². The molecule has 16 heavy (non-hydrogen) atoms. The average molecular weight is 255 g/mol. The Morgan fingerprint density at radius 2 is 2.19 bits per heavy atom. The second-order valence-corrected chi connectivity index (χ2v) is 5.10. The van der Waals surface area contributed by atoms with Crippen LogP contribution in [0.3, 0.4) is 0 Å². The van der Waals surface area contributed by atoms with E-state index in [1.54, 1.807) is 23.7 Å². The van der Waals surface area contributed by atoms with Crippen LogP contribution in [0.25, 0.3) is 0 Å². The first-order chi connectivity index (χ1) is 7.58. The van der Waals surface area contributed by atoms with Crippen LogP contribution in [-0.4, -0.2) is 15.0 Å². The summed E-state index contributed by atoms with van der Waals surface area (Å²) >= 11 is 7.37. The molecule has 0 aliphatic carbocycles. The fourth-order valence-corrected chi connectivity index (χ4v) is 2.17. The van der Waals surface area contributed by atoms with Crippen LogP contribution in [0.2, 0.25) is 5.15 Å². The van der Waals surface area contributed by atoms with Crippen LogP contribution in [0.15, 0.2) is 24.0 Å². The zero-order valence-corrected chi connectivity index (χ0v) is 10.5. The number of nitrogens with zero attached hydrogens (tertiary/aromatic N) is 3. The van der Waals surface area contributed by atoms with Gasteiger partial charge in [-0.3, -0.25) is 4.98 Å². The van der Waals surface area contributed by atoms with E-state index >= 15 is 0 Å². The summed E-state index contributed by atoms with van der Waals surface area (Å²) < 4.78 is 0. The van der Waals surface area contributed by atoms with E-state index in [4.69, 9.17) is 11.6 Å². The van der Waals surface area contributed by atoms with Crippen LogP contribution in [0.5, 0.6) is 0 Å². The Balaban J connectivity index is 2.21. The molecular weight excluding hydrogens is 244 g/mol. The molecular formula is C10H11ClN4S. The molecule has 2 aromatic rings. The lowest BCUT2D eigenvalue weighted by molar-refractivity contribution is 0.600. The van der Waals surface area contributed by atoms with Crippen molar-refractivity contribution < 1.29 is 0 Å². The fraction of sp³-hybridized carbons (Fsp3) is 0.300. The summed E-state index contributed by atoms with van der Waals surface area (Å²) in [6, 6.07) is 0. The summed E-state index contributed by atoms with van der Waals surface area (Å²) in [5.41, 5.74) is -0.284. The zero-order valence-electron chi connectivity index (χ0n) is 8.94. The number of thiazole rings is 1. The van der Waals surface area contributed by atoms with Gasteiger partial charge in [0.1, 0.15) is 16.0 Å². The van der Waals surface area contributed by atoms with Crippen molar-refractivity contribution >= 4 is 28.8 Å². The lowest BCUT2D eigenvalue weighted by Crippen LogP contribution is -2.28. The van der Waals surface area contributed by atoms with Gasteiger partial charge in [0.25, 0.3) is 0 Å². The van der Waals surface area contributed by atoms with Crippen molar-refractivity contribution in [3.05, 3.63) is 34.1 Å². The molecule has 0 aliphatic rings. The first-order valence-corrected chi connectivity index (χ1v) is 5.99. The Kier molecular flexibility index (Phi) is 3.07. The molecule has 4 nitrogen and oxygen atoms in total. The molecule has 2 aromatic heterocycles. The summed E-state index contributed by atoms with van der Waals surface area (Å²) in [5, 5.41) is 6.57. The lowest BCUT2D eigenvalue weighted by atomic mass is 10.1.